The lowest BCUT2D eigenvalue weighted by Crippen LogP contribution is -1.99. The molecular formula is C14H18O3. The topological polar surface area (TPSA) is 46.5 Å². The Morgan fingerprint density at radius 3 is 2.29 bits per heavy atom. The maximum atomic E-state index is 10.8. The number of hydrogen-bond donors (Lipinski definition) is 1. The molecule has 1 aromatic rings. The molecule has 0 bridgehead atoms. The van der Waals surface area contributed by atoms with Crippen molar-refractivity contribution in [1.29, 1.82) is 0 Å². The van der Waals surface area contributed by atoms with Crippen molar-refractivity contribution < 1.29 is 14.6 Å². The molecule has 0 atom stereocenters. The highest BCUT2D eigenvalue weighted by Crippen LogP contribution is 2.21. The van der Waals surface area contributed by atoms with Crippen molar-refractivity contribution in [2.75, 3.05) is 6.61 Å². The minimum atomic E-state index is -0.881. The molecule has 0 saturated heterocycles. The molecule has 0 radical (unpaired) electrons. The van der Waals surface area contributed by atoms with Crippen LogP contribution in [0.5, 0.6) is 5.75 Å². The molecule has 0 amide bonds. The van der Waals surface area contributed by atoms with Gasteiger partial charge in [0, 0.05) is 5.57 Å². The van der Waals surface area contributed by atoms with Crippen LogP contribution in [0.1, 0.15) is 32.8 Å². The molecule has 1 rings (SSSR count). The van der Waals surface area contributed by atoms with Crippen LogP contribution >= 0.6 is 0 Å². The molecule has 0 spiro atoms. The van der Waals surface area contributed by atoms with E-state index in [1.165, 1.54) is 0 Å². The van der Waals surface area contributed by atoms with Crippen LogP contribution in [0.25, 0.3) is 5.57 Å². The Morgan fingerprint density at radius 1 is 1.24 bits per heavy atom. The fourth-order valence-corrected chi connectivity index (χ4v) is 1.40. The van der Waals surface area contributed by atoms with Gasteiger partial charge in [-0.1, -0.05) is 19.1 Å². The van der Waals surface area contributed by atoms with Crippen LogP contribution in [-0.2, 0) is 4.79 Å². The normalized spacial score (nSPS) is 11.9. The summed E-state index contributed by atoms with van der Waals surface area (Å²) in [7, 11) is 0. The Bertz CT molecular complexity index is 416. The third-order valence-corrected chi connectivity index (χ3v) is 2.64. The van der Waals surface area contributed by atoms with Crippen molar-refractivity contribution in [3.8, 4) is 5.75 Å². The molecule has 0 aromatic heterocycles. The molecular weight excluding hydrogens is 216 g/mol. The molecule has 92 valence electrons. The monoisotopic (exact) mass is 234 g/mol. The van der Waals surface area contributed by atoms with E-state index in [1.807, 2.05) is 31.2 Å². The number of rotatable bonds is 5. The molecule has 17 heavy (non-hydrogen) atoms. The van der Waals surface area contributed by atoms with E-state index in [0.29, 0.717) is 12.2 Å². The minimum absolute atomic E-state index is 0.368. The second kappa shape index (κ2) is 6.09. The Morgan fingerprint density at radius 2 is 1.82 bits per heavy atom. The maximum Gasteiger partial charge on any atom is 0.331 e. The molecule has 0 saturated carbocycles. The van der Waals surface area contributed by atoms with Gasteiger partial charge in [-0.05, 0) is 43.5 Å². The van der Waals surface area contributed by atoms with E-state index >= 15 is 0 Å². The van der Waals surface area contributed by atoms with Crippen molar-refractivity contribution >= 4 is 11.5 Å². The first-order valence-corrected chi connectivity index (χ1v) is 5.70. The summed E-state index contributed by atoms with van der Waals surface area (Å²) in [6.45, 7) is 6.17. The van der Waals surface area contributed by atoms with Gasteiger partial charge in [0.05, 0.1) is 6.61 Å². The summed E-state index contributed by atoms with van der Waals surface area (Å²) in [6, 6.07) is 7.49. The maximum absolute atomic E-state index is 10.8. The summed E-state index contributed by atoms with van der Waals surface area (Å²) in [4.78, 5) is 10.8. The van der Waals surface area contributed by atoms with Gasteiger partial charge in [-0.15, -0.1) is 0 Å². The molecule has 3 heteroatoms. The van der Waals surface area contributed by atoms with Crippen molar-refractivity contribution in [3.05, 3.63) is 35.4 Å². The zero-order valence-electron chi connectivity index (χ0n) is 10.5. The summed E-state index contributed by atoms with van der Waals surface area (Å²) in [6.07, 6.45) is 0.971. The molecule has 0 aliphatic carbocycles. The Balaban J connectivity index is 2.87. The lowest BCUT2D eigenvalue weighted by molar-refractivity contribution is -0.132. The quantitative estimate of drug-likeness (QED) is 0.795. The van der Waals surface area contributed by atoms with Crippen LogP contribution in [0.15, 0.2) is 29.8 Å². The summed E-state index contributed by atoms with van der Waals surface area (Å²) in [5.41, 5.74) is 2.06. The van der Waals surface area contributed by atoms with Crippen LogP contribution < -0.4 is 4.74 Å². The van der Waals surface area contributed by atoms with Gasteiger partial charge in [0.15, 0.2) is 0 Å². The molecule has 0 aliphatic heterocycles. The standard InChI is InChI=1S/C14H18O3/c1-4-9-17-13-7-5-12(6-8-13)10(2)11(3)14(15)16/h5-8H,4,9H2,1-3H3,(H,15,16). The van der Waals surface area contributed by atoms with Gasteiger partial charge in [0.25, 0.3) is 0 Å². The van der Waals surface area contributed by atoms with E-state index in [1.54, 1.807) is 6.92 Å². The lowest BCUT2D eigenvalue weighted by atomic mass is 10.0. The van der Waals surface area contributed by atoms with Gasteiger partial charge >= 0.3 is 5.97 Å². The zero-order chi connectivity index (χ0) is 12.8. The highest BCUT2D eigenvalue weighted by Gasteiger charge is 2.07. The molecule has 1 aromatic carbocycles. The van der Waals surface area contributed by atoms with E-state index < -0.39 is 5.97 Å². The van der Waals surface area contributed by atoms with Gasteiger partial charge in [0.2, 0.25) is 0 Å². The van der Waals surface area contributed by atoms with Crippen LogP contribution in [0.2, 0.25) is 0 Å². The third kappa shape index (κ3) is 3.63. The fourth-order valence-electron chi connectivity index (χ4n) is 1.40. The number of carbonyl (C=O) groups is 1. The Labute approximate surface area is 102 Å². The van der Waals surface area contributed by atoms with Crippen LogP contribution in [-0.4, -0.2) is 17.7 Å². The average Bonchev–Trinajstić information content (AvgIpc) is 2.35. The van der Waals surface area contributed by atoms with Crippen molar-refractivity contribution in [2.45, 2.75) is 27.2 Å². The molecule has 0 fully saturated rings. The van der Waals surface area contributed by atoms with Gasteiger partial charge in [0.1, 0.15) is 5.75 Å². The molecule has 0 aliphatic rings. The fraction of sp³-hybridized carbons (Fsp3) is 0.357. The van der Waals surface area contributed by atoms with Gasteiger partial charge in [-0.25, -0.2) is 4.79 Å². The van der Waals surface area contributed by atoms with E-state index in [9.17, 15) is 4.79 Å². The predicted molar refractivity (Wildman–Crippen MR) is 68.1 cm³/mol. The number of aliphatic carboxylic acids is 1. The number of ether oxygens (including phenoxy) is 1. The first kappa shape index (κ1) is 13.3. The van der Waals surface area contributed by atoms with E-state index in [2.05, 4.69) is 6.92 Å². The molecule has 1 N–H and O–H groups in total. The average molecular weight is 234 g/mol. The van der Waals surface area contributed by atoms with Crippen LogP contribution in [0.4, 0.5) is 0 Å². The summed E-state index contributed by atoms with van der Waals surface area (Å²) in [5, 5.41) is 8.90. The Kier molecular flexibility index (Phi) is 4.76. The van der Waals surface area contributed by atoms with Gasteiger partial charge in [-0.2, -0.15) is 0 Å². The van der Waals surface area contributed by atoms with Crippen molar-refractivity contribution in [3.63, 3.8) is 0 Å². The SMILES string of the molecule is CCCOc1ccc(C(C)=C(C)C(=O)O)cc1. The highest BCUT2D eigenvalue weighted by atomic mass is 16.5. The summed E-state index contributed by atoms with van der Waals surface area (Å²) < 4.78 is 5.47. The first-order valence-electron chi connectivity index (χ1n) is 5.70. The van der Waals surface area contributed by atoms with E-state index in [-0.39, 0.29) is 0 Å². The van der Waals surface area contributed by atoms with Gasteiger partial charge in [-0.3, -0.25) is 0 Å². The third-order valence-electron chi connectivity index (χ3n) is 2.64. The van der Waals surface area contributed by atoms with Crippen LogP contribution in [0, 0.1) is 0 Å². The second-order valence-electron chi connectivity index (χ2n) is 3.93. The molecule has 3 nitrogen and oxygen atoms in total. The smallest absolute Gasteiger partial charge is 0.331 e. The predicted octanol–water partition coefficient (Wildman–Crippen LogP) is 3.35. The highest BCUT2D eigenvalue weighted by molar-refractivity contribution is 5.95. The zero-order valence-corrected chi connectivity index (χ0v) is 10.5. The largest absolute Gasteiger partial charge is 0.494 e. The van der Waals surface area contributed by atoms with E-state index in [4.69, 9.17) is 9.84 Å². The summed E-state index contributed by atoms with van der Waals surface area (Å²) in [5.74, 6) is -0.0646. The number of hydrogen-bond acceptors (Lipinski definition) is 2. The van der Waals surface area contributed by atoms with E-state index in [0.717, 1.165) is 23.3 Å². The second-order valence-corrected chi connectivity index (χ2v) is 3.93. The number of benzene rings is 1. The van der Waals surface area contributed by atoms with Crippen molar-refractivity contribution in [1.82, 2.24) is 0 Å². The number of carboxylic acids is 1. The van der Waals surface area contributed by atoms with Gasteiger partial charge < -0.3 is 9.84 Å². The van der Waals surface area contributed by atoms with Crippen molar-refractivity contribution in [2.24, 2.45) is 0 Å². The number of allylic oxidation sites excluding steroid dienone is 1. The first-order chi connectivity index (χ1) is 8.06. The summed E-state index contributed by atoms with van der Waals surface area (Å²) >= 11 is 0. The lowest BCUT2D eigenvalue weighted by Gasteiger charge is -2.07. The minimum Gasteiger partial charge on any atom is -0.494 e. The number of carboxylic acid groups (broad SMARTS) is 1. The molecule has 0 unspecified atom stereocenters. The Hall–Kier alpha value is -1.77. The molecule has 0 heterocycles. The van der Waals surface area contributed by atoms with Crippen LogP contribution in [0.3, 0.4) is 0 Å².